The van der Waals surface area contributed by atoms with Gasteiger partial charge in [0.1, 0.15) is 5.75 Å². The Bertz CT molecular complexity index is 590. The van der Waals surface area contributed by atoms with E-state index in [0.717, 1.165) is 18.7 Å². The van der Waals surface area contributed by atoms with E-state index in [1.807, 2.05) is 6.92 Å². The molecule has 1 saturated heterocycles. The summed E-state index contributed by atoms with van der Waals surface area (Å²) in [6, 6.07) is 5.04. The standard InChI is InChI=1S/C13H18N2O3S/c1-8-5-9(3-4-12(8)18-2)19(16,17)15-13-10-6-14-7-11(10)13/h3-5,10-11,13-15H,6-7H2,1-2H3. The smallest absolute Gasteiger partial charge is 0.240 e. The fraction of sp³-hybridized carbons (Fsp3) is 0.538. The fourth-order valence-electron chi connectivity index (χ4n) is 2.86. The minimum Gasteiger partial charge on any atom is -0.496 e. The van der Waals surface area contributed by atoms with Gasteiger partial charge >= 0.3 is 0 Å². The highest BCUT2D eigenvalue weighted by atomic mass is 32.2. The van der Waals surface area contributed by atoms with Gasteiger partial charge in [-0.2, -0.15) is 0 Å². The summed E-state index contributed by atoms with van der Waals surface area (Å²) in [4.78, 5) is 0.309. The maximum atomic E-state index is 12.3. The topological polar surface area (TPSA) is 67.4 Å². The van der Waals surface area contributed by atoms with Crippen LogP contribution in [0.2, 0.25) is 0 Å². The molecule has 0 spiro atoms. The molecular weight excluding hydrogens is 264 g/mol. The van der Waals surface area contributed by atoms with Gasteiger partial charge in [-0.15, -0.1) is 0 Å². The maximum Gasteiger partial charge on any atom is 0.240 e. The molecule has 19 heavy (non-hydrogen) atoms. The van der Waals surface area contributed by atoms with E-state index in [4.69, 9.17) is 4.74 Å². The van der Waals surface area contributed by atoms with Crippen molar-refractivity contribution in [3.05, 3.63) is 23.8 Å². The van der Waals surface area contributed by atoms with Crippen LogP contribution in [-0.2, 0) is 10.0 Å². The highest BCUT2D eigenvalue weighted by Gasteiger charge is 2.54. The van der Waals surface area contributed by atoms with Gasteiger partial charge in [0, 0.05) is 6.04 Å². The highest BCUT2D eigenvalue weighted by Crippen LogP contribution is 2.42. The molecule has 2 fully saturated rings. The minimum atomic E-state index is -3.42. The molecule has 1 heterocycles. The Morgan fingerprint density at radius 3 is 2.58 bits per heavy atom. The molecule has 3 rings (SSSR count). The van der Waals surface area contributed by atoms with Crippen LogP contribution in [0.15, 0.2) is 23.1 Å². The summed E-state index contributed by atoms with van der Waals surface area (Å²) >= 11 is 0. The molecule has 0 aromatic heterocycles. The van der Waals surface area contributed by atoms with Crippen LogP contribution in [0, 0.1) is 18.8 Å². The van der Waals surface area contributed by atoms with E-state index < -0.39 is 10.0 Å². The van der Waals surface area contributed by atoms with Crippen molar-refractivity contribution in [3.8, 4) is 5.75 Å². The molecule has 2 unspecified atom stereocenters. The zero-order valence-corrected chi connectivity index (χ0v) is 11.8. The maximum absolute atomic E-state index is 12.3. The van der Waals surface area contributed by atoms with Gasteiger partial charge in [-0.1, -0.05) is 0 Å². The molecule has 1 aromatic carbocycles. The number of nitrogens with one attached hydrogen (secondary N) is 2. The Hall–Kier alpha value is -1.11. The highest BCUT2D eigenvalue weighted by molar-refractivity contribution is 7.89. The van der Waals surface area contributed by atoms with Crippen LogP contribution < -0.4 is 14.8 Å². The van der Waals surface area contributed by atoms with Gasteiger partial charge in [0.15, 0.2) is 0 Å². The van der Waals surface area contributed by atoms with E-state index in [1.165, 1.54) is 0 Å². The molecule has 0 bridgehead atoms. The van der Waals surface area contributed by atoms with E-state index in [1.54, 1.807) is 25.3 Å². The summed E-state index contributed by atoms with van der Waals surface area (Å²) in [5, 5.41) is 3.25. The molecule has 0 amide bonds. The first-order valence-corrected chi connectivity index (χ1v) is 7.89. The Balaban J connectivity index is 1.78. The molecule has 1 aromatic rings. The van der Waals surface area contributed by atoms with Crippen molar-refractivity contribution in [3.63, 3.8) is 0 Å². The zero-order valence-electron chi connectivity index (χ0n) is 11.0. The van der Waals surface area contributed by atoms with Gasteiger partial charge in [0.25, 0.3) is 0 Å². The summed E-state index contributed by atoms with van der Waals surface area (Å²) in [6.45, 7) is 3.67. The van der Waals surface area contributed by atoms with Crippen LogP contribution in [0.1, 0.15) is 5.56 Å². The molecular formula is C13H18N2O3S. The molecule has 2 atom stereocenters. The Morgan fingerprint density at radius 2 is 2.00 bits per heavy atom. The summed E-state index contributed by atoms with van der Waals surface area (Å²) in [5.74, 6) is 1.63. The molecule has 1 aliphatic heterocycles. The molecule has 1 aliphatic carbocycles. The van der Waals surface area contributed by atoms with Crippen LogP contribution >= 0.6 is 0 Å². The van der Waals surface area contributed by atoms with Crippen LogP contribution in [0.5, 0.6) is 5.75 Å². The number of sulfonamides is 1. The lowest BCUT2D eigenvalue weighted by atomic mass is 10.2. The van der Waals surface area contributed by atoms with Crippen molar-refractivity contribution in [1.82, 2.24) is 10.0 Å². The number of methoxy groups -OCH3 is 1. The van der Waals surface area contributed by atoms with Crippen molar-refractivity contribution in [2.45, 2.75) is 17.9 Å². The predicted octanol–water partition coefficient (Wildman–Crippen LogP) is 0.500. The first kappa shape index (κ1) is 12.9. The van der Waals surface area contributed by atoms with Crippen molar-refractivity contribution >= 4 is 10.0 Å². The molecule has 104 valence electrons. The molecule has 0 radical (unpaired) electrons. The van der Waals surface area contributed by atoms with Crippen LogP contribution in [0.3, 0.4) is 0 Å². The van der Waals surface area contributed by atoms with E-state index in [0.29, 0.717) is 22.5 Å². The van der Waals surface area contributed by atoms with Crippen LogP contribution in [-0.4, -0.2) is 34.7 Å². The third kappa shape index (κ3) is 2.24. The van der Waals surface area contributed by atoms with Crippen molar-refractivity contribution in [2.24, 2.45) is 11.8 Å². The quantitative estimate of drug-likeness (QED) is 0.844. The number of hydrogen-bond donors (Lipinski definition) is 2. The normalized spacial score (nSPS) is 29.1. The number of aryl methyl sites for hydroxylation is 1. The second-order valence-corrected chi connectivity index (χ2v) is 6.98. The summed E-state index contributed by atoms with van der Waals surface area (Å²) in [5.41, 5.74) is 0.822. The summed E-state index contributed by atoms with van der Waals surface area (Å²) < 4.78 is 32.5. The SMILES string of the molecule is COc1ccc(S(=O)(=O)NC2C3CNCC32)cc1C. The number of benzene rings is 1. The largest absolute Gasteiger partial charge is 0.496 e. The molecule has 2 aliphatic rings. The third-order valence-corrected chi connectivity index (χ3v) is 5.52. The number of rotatable bonds is 4. The lowest BCUT2D eigenvalue weighted by molar-refractivity contribution is 0.411. The van der Waals surface area contributed by atoms with E-state index >= 15 is 0 Å². The van der Waals surface area contributed by atoms with E-state index in [2.05, 4.69) is 10.0 Å². The second-order valence-electron chi connectivity index (χ2n) is 5.26. The van der Waals surface area contributed by atoms with E-state index in [-0.39, 0.29) is 6.04 Å². The lowest BCUT2D eigenvalue weighted by Gasteiger charge is -2.11. The van der Waals surface area contributed by atoms with Gasteiger partial charge in [-0.3, -0.25) is 0 Å². The molecule has 2 N–H and O–H groups in total. The Morgan fingerprint density at radius 1 is 1.32 bits per heavy atom. The molecule has 6 heteroatoms. The first-order chi connectivity index (χ1) is 9.03. The Kier molecular flexibility index (Phi) is 3.03. The minimum absolute atomic E-state index is 0.105. The van der Waals surface area contributed by atoms with Gasteiger partial charge < -0.3 is 10.1 Å². The summed E-state index contributed by atoms with van der Waals surface area (Å²) in [7, 11) is -1.84. The van der Waals surface area contributed by atoms with Gasteiger partial charge in [0.2, 0.25) is 10.0 Å². The monoisotopic (exact) mass is 282 g/mol. The number of ether oxygens (including phenoxy) is 1. The lowest BCUT2D eigenvalue weighted by Crippen LogP contribution is -2.32. The number of fused-ring (bicyclic) bond motifs is 1. The van der Waals surface area contributed by atoms with Crippen molar-refractivity contribution in [2.75, 3.05) is 20.2 Å². The van der Waals surface area contributed by atoms with Crippen molar-refractivity contribution in [1.29, 1.82) is 0 Å². The second kappa shape index (κ2) is 4.47. The predicted molar refractivity (Wildman–Crippen MR) is 71.7 cm³/mol. The molecule has 1 saturated carbocycles. The fourth-order valence-corrected chi connectivity index (χ4v) is 4.28. The van der Waals surface area contributed by atoms with Gasteiger partial charge in [-0.05, 0) is 55.6 Å². The number of piperidine rings is 1. The average molecular weight is 282 g/mol. The average Bonchev–Trinajstić information content (AvgIpc) is 2.82. The number of hydrogen-bond acceptors (Lipinski definition) is 4. The van der Waals surface area contributed by atoms with Crippen LogP contribution in [0.25, 0.3) is 0 Å². The van der Waals surface area contributed by atoms with Crippen molar-refractivity contribution < 1.29 is 13.2 Å². The third-order valence-electron chi connectivity index (χ3n) is 4.06. The first-order valence-electron chi connectivity index (χ1n) is 6.40. The van der Waals surface area contributed by atoms with Crippen LogP contribution in [0.4, 0.5) is 0 Å². The zero-order chi connectivity index (χ0) is 13.6. The van der Waals surface area contributed by atoms with Gasteiger partial charge in [0.05, 0.1) is 12.0 Å². The van der Waals surface area contributed by atoms with Gasteiger partial charge in [-0.25, -0.2) is 13.1 Å². The Labute approximate surface area is 113 Å². The van der Waals surface area contributed by atoms with E-state index in [9.17, 15) is 8.42 Å². The molecule has 5 nitrogen and oxygen atoms in total. The summed E-state index contributed by atoms with van der Waals surface area (Å²) in [6.07, 6.45) is 0.